The summed E-state index contributed by atoms with van der Waals surface area (Å²) >= 11 is 5.89. The van der Waals surface area contributed by atoms with Gasteiger partial charge in [-0.15, -0.1) is 0 Å². The van der Waals surface area contributed by atoms with Gasteiger partial charge in [0.2, 0.25) is 0 Å². The molecule has 0 heterocycles. The Kier molecular flexibility index (Phi) is 5.45. The van der Waals surface area contributed by atoms with Crippen molar-refractivity contribution in [1.29, 1.82) is 0 Å². The number of hydrogen-bond donors (Lipinski definition) is 1. The van der Waals surface area contributed by atoms with Gasteiger partial charge in [-0.3, -0.25) is 0 Å². The van der Waals surface area contributed by atoms with Crippen LogP contribution in [0.5, 0.6) is 5.75 Å². The third-order valence-corrected chi connectivity index (χ3v) is 3.55. The maximum absolute atomic E-state index is 6.23. The summed E-state index contributed by atoms with van der Waals surface area (Å²) in [7, 11) is 0. The Bertz CT molecular complexity index is 539. The van der Waals surface area contributed by atoms with E-state index in [2.05, 4.69) is 6.07 Å². The first-order chi connectivity index (χ1) is 9.70. The zero-order chi connectivity index (χ0) is 14.4. The van der Waals surface area contributed by atoms with Crippen molar-refractivity contribution in [3.63, 3.8) is 0 Å². The molecule has 0 saturated heterocycles. The highest BCUT2D eigenvalue weighted by Crippen LogP contribution is 2.23. The molecule has 2 N–H and O–H groups in total. The quantitative estimate of drug-likeness (QED) is 0.857. The van der Waals surface area contributed by atoms with Crippen molar-refractivity contribution >= 4 is 11.6 Å². The third-order valence-electron chi connectivity index (χ3n) is 3.30. The molecular formula is C17H20ClNO. The Hall–Kier alpha value is -1.51. The van der Waals surface area contributed by atoms with Gasteiger partial charge in [0.1, 0.15) is 5.75 Å². The molecule has 0 aliphatic heterocycles. The van der Waals surface area contributed by atoms with E-state index >= 15 is 0 Å². The van der Waals surface area contributed by atoms with Crippen LogP contribution in [0.3, 0.4) is 0 Å². The average Bonchev–Trinajstić information content (AvgIpc) is 2.47. The number of nitrogens with two attached hydrogens (primary N) is 1. The summed E-state index contributed by atoms with van der Waals surface area (Å²) in [6.07, 6.45) is 1.78. The number of rotatable bonds is 6. The lowest BCUT2D eigenvalue weighted by Crippen LogP contribution is -2.11. The highest BCUT2D eigenvalue weighted by molar-refractivity contribution is 6.30. The number of benzene rings is 2. The van der Waals surface area contributed by atoms with Crippen LogP contribution in [0.4, 0.5) is 0 Å². The SMILES string of the molecule is CCOc1ccccc1CCC(N)c1ccc(Cl)cc1. The molecule has 106 valence electrons. The molecule has 2 rings (SSSR count). The second-order valence-corrected chi connectivity index (χ2v) is 5.17. The van der Waals surface area contributed by atoms with Crippen LogP contribution in [-0.4, -0.2) is 6.61 Å². The van der Waals surface area contributed by atoms with E-state index in [1.54, 1.807) is 0 Å². The Labute approximate surface area is 125 Å². The van der Waals surface area contributed by atoms with Crippen molar-refractivity contribution in [3.05, 3.63) is 64.7 Å². The number of halogens is 1. The Morgan fingerprint density at radius 2 is 1.80 bits per heavy atom. The fourth-order valence-electron chi connectivity index (χ4n) is 2.19. The van der Waals surface area contributed by atoms with Gasteiger partial charge in [0, 0.05) is 11.1 Å². The fraction of sp³-hybridized carbons (Fsp3) is 0.294. The Balaban J connectivity index is 1.99. The van der Waals surface area contributed by atoms with E-state index in [1.165, 1.54) is 5.56 Å². The lowest BCUT2D eigenvalue weighted by Gasteiger charge is -2.14. The van der Waals surface area contributed by atoms with Crippen LogP contribution >= 0.6 is 11.6 Å². The van der Waals surface area contributed by atoms with Gasteiger partial charge in [-0.05, 0) is 49.1 Å². The van der Waals surface area contributed by atoms with E-state index in [1.807, 2.05) is 49.4 Å². The van der Waals surface area contributed by atoms with Gasteiger partial charge < -0.3 is 10.5 Å². The molecule has 2 aromatic rings. The molecule has 0 aliphatic rings. The molecule has 0 amide bonds. The summed E-state index contributed by atoms with van der Waals surface area (Å²) in [5.74, 6) is 0.957. The van der Waals surface area contributed by atoms with E-state index in [0.717, 1.165) is 29.2 Å². The molecule has 0 spiro atoms. The van der Waals surface area contributed by atoms with Crippen molar-refractivity contribution in [2.45, 2.75) is 25.8 Å². The molecule has 1 atom stereocenters. The number of ether oxygens (including phenoxy) is 1. The molecule has 0 bridgehead atoms. The highest BCUT2D eigenvalue weighted by Gasteiger charge is 2.08. The average molecular weight is 290 g/mol. The molecule has 0 aliphatic carbocycles. The number of para-hydroxylation sites is 1. The second-order valence-electron chi connectivity index (χ2n) is 4.74. The first-order valence-corrected chi connectivity index (χ1v) is 7.30. The van der Waals surface area contributed by atoms with Crippen LogP contribution in [0.25, 0.3) is 0 Å². The first kappa shape index (κ1) is 14.9. The molecule has 2 nitrogen and oxygen atoms in total. The second kappa shape index (κ2) is 7.32. The lowest BCUT2D eigenvalue weighted by atomic mass is 9.99. The van der Waals surface area contributed by atoms with E-state index < -0.39 is 0 Å². The van der Waals surface area contributed by atoms with E-state index in [0.29, 0.717) is 6.61 Å². The minimum atomic E-state index is 0.0157. The predicted octanol–water partition coefficient (Wildman–Crippen LogP) is 4.37. The Morgan fingerprint density at radius 3 is 2.50 bits per heavy atom. The van der Waals surface area contributed by atoms with Gasteiger partial charge in [-0.1, -0.05) is 41.9 Å². The summed E-state index contributed by atoms with van der Waals surface area (Å²) in [4.78, 5) is 0. The van der Waals surface area contributed by atoms with Crippen molar-refractivity contribution in [3.8, 4) is 5.75 Å². The normalized spacial score (nSPS) is 12.2. The molecule has 20 heavy (non-hydrogen) atoms. The van der Waals surface area contributed by atoms with Crippen molar-refractivity contribution in [2.24, 2.45) is 5.73 Å². The van der Waals surface area contributed by atoms with Gasteiger partial charge in [-0.25, -0.2) is 0 Å². The van der Waals surface area contributed by atoms with Crippen LogP contribution in [0.2, 0.25) is 5.02 Å². The van der Waals surface area contributed by atoms with E-state index in [9.17, 15) is 0 Å². The van der Waals surface area contributed by atoms with Crippen molar-refractivity contribution in [2.75, 3.05) is 6.61 Å². The molecule has 0 aromatic heterocycles. The molecule has 1 unspecified atom stereocenters. The maximum atomic E-state index is 6.23. The highest BCUT2D eigenvalue weighted by atomic mass is 35.5. The van der Waals surface area contributed by atoms with Crippen LogP contribution < -0.4 is 10.5 Å². The number of aryl methyl sites for hydroxylation is 1. The van der Waals surface area contributed by atoms with Gasteiger partial charge >= 0.3 is 0 Å². The largest absolute Gasteiger partial charge is 0.494 e. The van der Waals surface area contributed by atoms with Crippen molar-refractivity contribution in [1.82, 2.24) is 0 Å². The third kappa shape index (κ3) is 3.99. The fourth-order valence-corrected chi connectivity index (χ4v) is 2.32. The van der Waals surface area contributed by atoms with Crippen molar-refractivity contribution < 1.29 is 4.74 Å². The molecular weight excluding hydrogens is 270 g/mol. The molecule has 0 saturated carbocycles. The van der Waals surface area contributed by atoms with Crippen LogP contribution in [0.1, 0.15) is 30.5 Å². The van der Waals surface area contributed by atoms with Crippen LogP contribution in [0.15, 0.2) is 48.5 Å². The van der Waals surface area contributed by atoms with E-state index in [4.69, 9.17) is 22.1 Å². The van der Waals surface area contributed by atoms with Crippen LogP contribution in [0, 0.1) is 0 Å². The summed E-state index contributed by atoms with van der Waals surface area (Å²) in [5, 5.41) is 0.739. The molecule has 0 fully saturated rings. The summed E-state index contributed by atoms with van der Waals surface area (Å²) in [6.45, 7) is 2.68. The first-order valence-electron chi connectivity index (χ1n) is 6.92. The minimum absolute atomic E-state index is 0.0157. The van der Waals surface area contributed by atoms with Gasteiger partial charge in [0.15, 0.2) is 0 Å². The minimum Gasteiger partial charge on any atom is -0.494 e. The molecule has 2 aromatic carbocycles. The summed E-state index contributed by atoms with van der Waals surface area (Å²) in [6, 6.07) is 15.9. The molecule has 0 radical (unpaired) electrons. The summed E-state index contributed by atoms with van der Waals surface area (Å²) in [5.41, 5.74) is 8.55. The standard InChI is InChI=1S/C17H20ClNO/c1-2-20-17-6-4-3-5-14(17)9-12-16(19)13-7-10-15(18)11-8-13/h3-8,10-11,16H,2,9,12,19H2,1H3. The zero-order valence-electron chi connectivity index (χ0n) is 11.7. The molecule has 3 heteroatoms. The van der Waals surface area contributed by atoms with Crippen LogP contribution in [-0.2, 0) is 6.42 Å². The monoisotopic (exact) mass is 289 g/mol. The zero-order valence-corrected chi connectivity index (χ0v) is 12.4. The number of hydrogen-bond acceptors (Lipinski definition) is 2. The predicted molar refractivity (Wildman–Crippen MR) is 84.3 cm³/mol. The van der Waals surface area contributed by atoms with E-state index in [-0.39, 0.29) is 6.04 Å². The Morgan fingerprint density at radius 1 is 1.10 bits per heavy atom. The van der Waals surface area contributed by atoms with Gasteiger partial charge in [0.05, 0.1) is 6.61 Å². The smallest absolute Gasteiger partial charge is 0.122 e. The summed E-state index contributed by atoms with van der Waals surface area (Å²) < 4.78 is 5.63. The van der Waals surface area contributed by atoms with Gasteiger partial charge in [0.25, 0.3) is 0 Å². The maximum Gasteiger partial charge on any atom is 0.122 e. The van der Waals surface area contributed by atoms with Gasteiger partial charge in [-0.2, -0.15) is 0 Å². The lowest BCUT2D eigenvalue weighted by molar-refractivity contribution is 0.336. The topological polar surface area (TPSA) is 35.2 Å².